The number of halogens is 1. The van der Waals surface area contributed by atoms with E-state index in [1.165, 1.54) is 18.2 Å². The van der Waals surface area contributed by atoms with E-state index >= 15 is 0 Å². The second-order valence-electron chi connectivity index (χ2n) is 4.94. The van der Waals surface area contributed by atoms with Crippen molar-refractivity contribution in [2.24, 2.45) is 5.41 Å². The molecule has 0 unspecified atom stereocenters. The fourth-order valence-corrected chi connectivity index (χ4v) is 1.23. The molecule has 0 spiro atoms. The Labute approximate surface area is 101 Å². The molecule has 0 radical (unpaired) electrons. The van der Waals surface area contributed by atoms with Crippen LogP contribution in [0.4, 0.5) is 10.1 Å². The number of rotatable bonds is 4. The number of hydrogen-bond acceptors (Lipinski definition) is 2. The third-order valence-corrected chi connectivity index (χ3v) is 2.94. The van der Waals surface area contributed by atoms with Gasteiger partial charge in [-0.05, 0) is 30.0 Å². The maximum absolute atomic E-state index is 12.9. The van der Waals surface area contributed by atoms with Gasteiger partial charge in [-0.15, -0.1) is 0 Å². The number of carbonyl (C=O) groups excluding carboxylic acids is 1. The first-order valence-electron chi connectivity index (χ1n) is 5.69. The fourth-order valence-electron chi connectivity index (χ4n) is 1.23. The van der Waals surface area contributed by atoms with Crippen LogP contribution in [0.2, 0.25) is 0 Å². The highest BCUT2D eigenvalue weighted by Gasteiger charge is 2.17. The number of amides is 1. The van der Waals surface area contributed by atoms with Crippen LogP contribution in [0.5, 0.6) is 0 Å². The van der Waals surface area contributed by atoms with Crippen molar-refractivity contribution in [3.63, 3.8) is 0 Å². The number of hydrogen-bond donors (Lipinski definition) is 2. The molecule has 4 heteroatoms. The molecule has 1 aromatic carbocycles. The van der Waals surface area contributed by atoms with Crippen molar-refractivity contribution in [2.75, 3.05) is 12.3 Å². The molecule has 3 N–H and O–H groups in total. The van der Waals surface area contributed by atoms with Gasteiger partial charge in [0.05, 0.1) is 5.69 Å². The van der Waals surface area contributed by atoms with Crippen LogP contribution in [0.25, 0.3) is 0 Å². The summed E-state index contributed by atoms with van der Waals surface area (Å²) < 4.78 is 12.9. The van der Waals surface area contributed by atoms with Crippen LogP contribution in [0.15, 0.2) is 18.2 Å². The maximum atomic E-state index is 12.9. The predicted octanol–water partition coefficient (Wildman–Crippen LogP) is 2.57. The molecule has 0 aromatic heterocycles. The summed E-state index contributed by atoms with van der Waals surface area (Å²) in [6, 6.07) is 3.98. The lowest BCUT2D eigenvalue weighted by Gasteiger charge is -2.22. The van der Waals surface area contributed by atoms with E-state index in [1.807, 2.05) is 0 Å². The Morgan fingerprint density at radius 1 is 1.47 bits per heavy atom. The first-order chi connectivity index (χ1) is 7.85. The highest BCUT2D eigenvalue weighted by atomic mass is 19.1. The van der Waals surface area contributed by atoms with Gasteiger partial charge in [0.2, 0.25) is 0 Å². The molecule has 94 valence electrons. The third-order valence-electron chi connectivity index (χ3n) is 2.94. The maximum Gasteiger partial charge on any atom is 0.251 e. The Bertz CT molecular complexity index is 416. The lowest BCUT2D eigenvalue weighted by Crippen LogP contribution is -2.33. The molecule has 0 saturated heterocycles. The molecular formula is C13H19FN2O. The Balaban J connectivity index is 2.68. The molecule has 17 heavy (non-hydrogen) atoms. The summed E-state index contributed by atoms with van der Waals surface area (Å²) in [7, 11) is 0. The Kier molecular flexibility index (Phi) is 4.10. The number of nitrogens with one attached hydrogen (secondary N) is 1. The molecule has 3 nitrogen and oxygen atoms in total. The first kappa shape index (κ1) is 13.5. The Morgan fingerprint density at radius 2 is 2.12 bits per heavy atom. The average Bonchev–Trinajstić information content (AvgIpc) is 2.30. The van der Waals surface area contributed by atoms with Crippen molar-refractivity contribution in [3.05, 3.63) is 29.6 Å². The van der Waals surface area contributed by atoms with Crippen molar-refractivity contribution in [3.8, 4) is 0 Å². The zero-order valence-electron chi connectivity index (χ0n) is 10.5. The highest BCUT2D eigenvalue weighted by molar-refractivity contribution is 5.95. The second-order valence-corrected chi connectivity index (χ2v) is 4.94. The van der Waals surface area contributed by atoms with Crippen molar-refractivity contribution in [1.82, 2.24) is 5.32 Å². The van der Waals surface area contributed by atoms with E-state index < -0.39 is 5.82 Å². The minimum atomic E-state index is -0.504. The molecule has 0 heterocycles. The first-order valence-corrected chi connectivity index (χ1v) is 5.69. The molecule has 1 aromatic rings. The van der Waals surface area contributed by atoms with Crippen LogP contribution >= 0.6 is 0 Å². The second kappa shape index (κ2) is 5.17. The van der Waals surface area contributed by atoms with Gasteiger partial charge in [0, 0.05) is 12.1 Å². The van der Waals surface area contributed by atoms with Crippen LogP contribution < -0.4 is 11.1 Å². The van der Waals surface area contributed by atoms with Crippen LogP contribution in [0.3, 0.4) is 0 Å². The van der Waals surface area contributed by atoms with Crippen molar-refractivity contribution in [2.45, 2.75) is 27.2 Å². The Morgan fingerprint density at radius 3 is 2.65 bits per heavy atom. The van der Waals surface area contributed by atoms with E-state index in [0.717, 1.165) is 6.42 Å². The van der Waals surface area contributed by atoms with Crippen molar-refractivity contribution in [1.29, 1.82) is 0 Å². The summed E-state index contributed by atoms with van der Waals surface area (Å²) in [5, 5.41) is 2.82. The van der Waals surface area contributed by atoms with Gasteiger partial charge in [-0.2, -0.15) is 0 Å². The molecular weight excluding hydrogens is 219 g/mol. The molecule has 0 aliphatic heterocycles. The van der Waals surface area contributed by atoms with Crippen LogP contribution in [0, 0.1) is 11.2 Å². The smallest absolute Gasteiger partial charge is 0.251 e. The standard InChI is InChI=1S/C13H19FN2O/c1-4-13(2,3)8-16-12(17)9-5-6-10(14)11(15)7-9/h5-7H,4,8,15H2,1-3H3,(H,16,17). The van der Waals surface area contributed by atoms with E-state index in [1.54, 1.807) is 0 Å². The largest absolute Gasteiger partial charge is 0.396 e. The summed E-state index contributed by atoms with van der Waals surface area (Å²) in [5.41, 5.74) is 5.85. The number of nitrogens with two attached hydrogens (primary N) is 1. The van der Waals surface area contributed by atoms with Crippen molar-refractivity contribution >= 4 is 11.6 Å². The number of anilines is 1. The predicted molar refractivity (Wildman–Crippen MR) is 67.2 cm³/mol. The highest BCUT2D eigenvalue weighted by Crippen LogP contribution is 2.18. The summed E-state index contributed by atoms with van der Waals surface area (Å²) in [6.07, 6.45) is 0.971. The molecule has 0 aliphatic carbocycles. The van der Waals surface area contributed by atoms with Gasteiger partial charge in [0.25, 0.3) is 5.91 Å². The normalized spacial score (nSPS) is 11.3. The van der Waals surface area contributed by atoms with E-state index in [9.17, 15) is 9.18 Å². The van der Waals surface area contributed by atoms with Gasteiger partial charge in [0.1, 0.15) is 5.82 Å². The average molecular weight is 238 g/mol. The molecule has 0 bridgehead atoms. The lowest BCUT2D eigenvalue weighted by atomic mass is 9.90. The van der Waals surface area contributed by atoms with Gasteiger partial charge in [-0.25, -0.2) is 4.39 Å². The van der Waals surface area contributed by atoms with Gasteiger partial charge in [-0.1, -0.05) is 20.8 Å². The lowest BCUT2D eigenvalue weighted by molar-refractivity contribution is 0.0935. The number of carbonyl (C=O) groups is 1. The summed E-state index contributed by atoms with van der Waals surface area (Å²) in [5.74, 6) is -0.728. The van der Waals surface area contributed by atoms with Gasteiger partial charge < -0.3 is 11.1 Å². The van der Waals surface area contributed by atoms with Gasteiger partial charge in [-0.3, -0.25) is 4.79 Å². The minimum Gasteiger partial charge on any atom is -0.396 e. The van der Waals surface area contributed by atoms with Crippen LogP contribution in [-0.2, 0) is 0 Å². The molecule has 0 fully saturated rings. The zero-order valence-corrected chi connectivity index (χ0v) is 10.5. The quantitative estimate of drug-likeness (QED) is 0.792. The van der Waals surface area contributed by atoms with Gasteiger partial charge in [0.15, 0.2) is 0 Å². The number of benzene rings is 1. The molecule has 1 rings (SSSR count). The molecule has 1 amide bonds. The van der Waals surface area contributed by atoms with E-state index in [2.05, 4.69) is 26.1 Å². The zero-order chi connectivity index (χ0) is 13.1. The molecule has 0 saturated carbocycles. The Hall–Kier alpha value is -1.58. The summed E-state index contributed by atoms with van der Waals surface area (Å²) in [4.78, 5) is 11.8. The monoisotopic (exact) mass is 238 g/mol. The third kappa shape index (κ3) is 3.73. The minimum absolute atomic E-state index is 0.00704. The number of nitrogen functional groups attached to an aromatic ring is 1. The van der Waals surface area contributed by atoms with E-state index in [0.29, 0.717) is 12.1 Å². The van der Waals surface area contributed by atoms with E-state index in [-0.39, 0.29) is 17.0 Å². The topological polar surface area (TPSA) is 55.1 Å². The SMILES string of the molecule is CCC(C)(C)CNC(=O)c1ccc(F)c(N)c1. The van der Waals surface area contributed by atoms with Gasteiger partial charge >= 0.3 is 0 Å². The van der Waals surface area contributed by atoms with E-state index in [4.69, 9.17) is 5.73 Å². The van der Waals surface area contributed by atoms with Crippen LogP contribution in [-0.4, -0.2) is 12.5 Å². The fraction of sp³-hybridized carbons (Fsp3) is 0.462. The molecule has 0 aliphatic rings. The summed E-state index contributed by atoms with van der Waals surface area (Å²) in [6.45, 7) is 6.81. The van der Waals surface area contributed by atoms with Crippen molar-refractivity contribution < 1.29 is 9.18 Å². The molecule has 0 atom stereocenters. The summed E-state index contributed by atoms with van der Waals surface area (Å²) >= 11 is 0. The van der Waals surface area contributed by atoms with Crippen LogP contribution in [0.1, 0.15) is 37.6 Å².